The maximum Gasteiger partial charge on any atom is 1.00 e. The quantitative estimate of drug-likeness (QED) is 0.362. The Bertz CT molecular complexity index is 256. The van der Waals surface area contributed by atoms with E-state index in [2.05, 4.69) is 0 Å². The van der Waals surface area contributed by atoms with Crippen LogP contribution in [0, 0.1) is 11.8 Å². The molecule has 0 saturated carbocycles. The first-order valence-electron chi connectivity index (χ1n) is 3.65. The van der Waals surface area contributed by atoms with E-state index in [9.17, 15) is 4.79 Å². The van der Waals surface area contributed by atoms with E-state index >= 15 is 0 Å². The number of benzene rings is 1. The van der Waals surface area contributed by atoms with Crippen molar-refractivity contribution in [2.24, 2.45) is 0 Å². The summed E-state index contributed by atoms with van der Waals surface area (Å²) < 4.78 is 0. The Hall–Kier alpha value is 0.0164. The van der Waals surface area contributed by atoms with E-state index in [-0.39, 0.29) is 57.2 Å². The van der Waals surface area contributed by atoms with Gasteiger partial charge in [-0.05, 0) is 0 Å². The van der Waals surface area contributed by atoms with Crippen LogP contribution in [0.2, 0.25) is 0 Å². The number of carbonyl (C=O) groups is 1. The summed E-state index contributed by atoms with van der Waals surface area (Å²) in [5.74, 6) is 0.209. The number of rotatable bonds is 2. The van der Waals surface area contributed by atoms with Gasteiger partial charge in [0.05, 0.1) is 0 Å². The van der Waals surface area contributed by atoms with Gasteiger partial charge in [-0.3, -0.25) is 4.79 Å². The van der Waals surface area contributed by atoms with Crippen molar-refractivity contribution < 1.29 is 56.2 Å². The zero-order valence-electron chi connectivity index (χ0n) is 7.95. The molecule has 3 heteroatoms. The minimum Gasteiger partial charge on any atom is -0.512 e. The van der Waals surface area contributed by atoms with Gasteiger partial charge in [-0.15, -0.1) is 0 Å². The van der Waals surface area contributed by atoms with Crippen LogP contribution in [0.25, 0.3) is 0 Å². The molecule has 0 aromatic heterocycles. The maximum absolute atomic E-state index is 11.0. The largest absolute Gasteiger partial charge is 1.00 e. The standard InChI is InChI=1S/C9H10O.CN.K/c1-2-9(10)8-6-4-3-5-7-8;1-2;/h3-7H,2H2,1H3;;/q;-1;+1. The summed E-state index contributed by atoms with van der Waals surface area (Å²) in [6.07, 6.45) is 0.587. The van der Waals surface area contributed by atoms with E-state index < -0.39 is 0 Å². The molecule has 62 valence electrons. The fourth-order valence-corrected chi connectivity index (χ4v) is 0.828. The third kappa shape index (κ3) is 6.14. The summed E-state index contributed by atoms with van der Waals surface area (Å²) in [5, 5.41) is 6.25. The molecule has 0 heterocycles. The number of hydrogen-bond donors (Lipinski definition) is 0. The molecular weight excluding hydrogens is 189 g/mol. The average molecular weight is 199 g/mol. The van der Waals surface area contributed by atoms with Crippen LogP contribution in [0.5, 0.6) is 0 Å². The number of Topliss-reactive ketones (excluding diaryl/α,β-unsaturated/α-hetero) is 1. The first-order valence-corrected chi connectivity index (χ1v) is 3.65. The van der Waals surface area contributed by atoms with Crippen LogP contribution in [0.15, 0.2) is 30.3 Å². The van der Waals surface area contributed by atoms with E-state index in [0.717, 1.165) is 5.56 Å². The van der Waals surface area contributed by atoms with Crippen LogP contribution < -0.4 is 51.4 Å². The molecule has 0 amide bonds. The van der Waals surface area contributed by atoms with Crippen molar-refractivity contribution in [1.29, 1.82) is 5.26 Å². The van der Waals surface area contributed by atoms with Crippen molar-refractivity contribution in [2.75, 3.05) is 0 Å². The number of carbonyl (C=O) groups excluding carboxylic acids is 1. The molecular formula is C10H10KNO. The van der Waals surface area contributed by atoms with Crippen LogP contribution in [-0.4, -0.2) is 5.78 Å². The molecule has 0 N–H and O–H groups in total. The smallest absolute Gasteiger partial charge is 0.512 e. The Balaban J connectivity index is 0. The zero-order chi connectivity index (χ0) is 9.40. The van der Waals surface area contributed by atoms with Crippen molar-refractivity contribution >= 4 is 5.78 Å². The second-order valence-corrected chi connectivity index (χ2v) is 2.14. The van der Waals surface area contributed by atoms with Gasteiger partial charge in [0.25, 0.3) is 0 Å². The number of ketones is 1. The molecule has 0 unspecified atom stereocenters. The number of hydrogen-bond acceptors (Lipinski definition) is 2. The molecule has 0 saturated heterocycles. The average Bonchev–Trinajstić information content (AvgIpc) is 2.21. The topological polar surface area (TPSA) is 40.9 Å². The van der Waals surface area contributed by atoms with Crippen LogP contribution in [0.3, 0.4) is 0 Å². The Morgan fingerprint density at radius 3 is 2.15 bits per heavy atom. The van der Waals surface area contributed by atoms with Gasteiger partial charge in [0.2, 0.25) is 0 Å². The third-order valence-electron chi connectivity index (χ3n) is 1.42. The summed E-state index contributed by atoms with van der Waals surface area (Å²) in [5.41, 5.74) is 0.810. The molecule has 0 aliphatic rings. The van der Waals surface area contributed by atoms with Crippen molar-refractivity contribution in [2.45, 2.75) is 13.3 Å². The molecule has 0 bridgehead atoms. The maximum atomic E-state index is 11.0. The van der Waals surface area contributed by atoms with Gasteiger partial charge in [0, 0.05) is 12.0 Å². The molecule has 13 heavy (non-hydrogen) atoms. The van der Waals surface area contributed by atoms with Crippen molar-refractivity contribution in [3.63, 3.8) is 0 Å². The zero-order valence-corrected chi connectivity index (χ0v) is 11.1. The molecule has 1 aromatic carbocycles. The summed E-state index contributed by atoms with van der Waals surface area (Å²) in [4.78, 5) is 11.0. The Labute approximate surface area is 121 Å². The predicted molar refractivity (Wildman–Crippen MR) is 46.0 cm³/mol. The molecule has 2 nitrogen and oxygen atoms in total. The molecule has 0 spiro atoms. The minimum atomic E-state index is 0. The monoisotopic (exact) mass is 199 g/mol. The van der Waals surface area contributed by atoms with Crippen molar-refractivity contribution in [1.82, 2.24) is 0 Å². The Morgan fingerprint density at radius 1 is 1.31 bits per heavy atom. The van der Waals surface area contributed by atoms with Crippen LogP contribution in [0.1, 0.15) is 23.7 Å². The Kier molecular flexibility index (Phi) is 12.0. The van der Waals surface area contributed by atoms with Crippen molar-refractivity contribution in [3.05, 3.63) is 42.5 Å². The number of nitrogens with zero attached hydrogens (tertiary/aromatic N) is 1. The van der Waals surface area contributed by atoms with Gasteiger partial charge >= 0.3 is 51.4 Å². The third-order valence-corrected chi connectivity index (χ3v) is 1.42. The second kappa shape index (κ2) is 10.1. The normalized spacial score (nSPS) is 7.31. The van der Waals surface area contributed by atoms with E-state index in [0.29, 0.717) is 6.42 Å². The van der Waals surface area contributed by atoms with Gasteiger partial charge in [-0.25, -0.2) is 0 Å². The van der Waals surface area contributed by atoms with Gasteiger partial charge in [0.1, 0.15) is 0 Å². The van der Waals surface area contributed by atoms with Crippen LogP contribution >= 0.6 is 0 Å². The summed E-state index contributed by atoms with van der Waals surface area (Å²) in [6.45, 7) is 6.62. The van der Waals surface area contributed by atoms with E-state index in [4.69, 9.17) is 11.8 Å². The van der Waals surface area contributed by atoms with Crippen molar-refractivity contribution in [3.8, 4) is 0 Å². The molecule has 1 aromatic rings. The first kappa shape index (κ1) is 15.5. The van der Waals surface area contributed by atoms with Gasteiger partial charge in [-0.1, -0.05) is 37.3 Å². The van der Waals surface area contributed by atoms with Gasteiger partial charge < -0.3 is 11.8 Å². The molecule has 0 fully saturated rings. The molecule has 0 radical (unpaired) electrons. The van der Waals surface area contributed by atoms with Gasteiger partial charge in [-0.2, -0.15) is 0 Å². The SMILES string of the molecule is CCC(=O)c1ccccc1.[C-]#N.[K+]. The molecule has 0 aliphatic carbocycles. The molecule has 0 atom stereocenters. The predicted octanol–water partition coefficient (Wildman–Crippen LogP) is -0.620. The fourth-order valence-electron chi connectivity index (χ4n) is 0.828. The fraction of sp³-hybridized carbons (Fsp3) is 0.200. The van der Waals surface area contributed by atoms with E-state index in [1.54, 1.807) is 0 Å². The minimum absolute atomic E-state index is 0. The Morgan fingerprint density at radius 2 is 1.77 bits per heavy atom. The van der Waals surface area contributed by atoms with E-state index in [1.807, 2.05) is 37.3 Å². The van der Waals surface area contributed by atoms with Crippen LogP contribution in [0.4, 0.5) is 0 Å². The summed E-state index contributed by atoms with van der Waals surface area (Å²) in [6, 6.07) is 9.34. The summed E-state index contributed by atoms with van der Waals surface area (Å²) >= 11 is 0. The van der Waals surface area contributed by atoms with Crippen LogP contribution in [-0.2, 0) is 0 Å². The molecule has 1 rings (SSSR count). The summed E-state index contributed by atoms with van der Waals surface area (Å²) in [7, 11) is 0. The first-order chi connectivity index (χ1) is 5.84. The molecule has 0 aliphatic heterocycles. The van der Waals surface area contributed by atoms with Gasteiger partial charge in [0.15, 0.2) is 5.78 Å². The van der Waals surface area contributed by atoms with E-state index in [1.165, 1.54) is 0 Å². The second-order valence-electron chi connectivity index (χ2n) is 2.14.